The quantitative estimate of drug-likeness (QED) is 0.281. The van der Waals surface area contributed by atoms with Crippen molar-refractivity contribution in [1.29, 1.82) is 0 Å². The number of anilines is 2. The van der Waals surface area contributed by atoms with Crippen LogP contribution in [0, 0.1) is 0 Å². The Hall–Kier alpha value is -2.69. The summed E-state index contributed by atoms with van der Waals surface area (Å²) in [6.45, 7) is 7.63. The maximum Gasteiger partial charge on any atom is 0.339 e. The maximum absolute atomic E-state index is 12.7. The van der Waals surface area contributed by atoms with Crippen molar-refractivity contribution in [3.8, 4) is 5.75 Å². The molecule has 3 N–H and O–H groups in total. The smallest absolute Gasteiger partial charge is 0.339 e. The summed E-state index contributed by atoms with van der Waals surface area (Å²) in [6, 6.07) is 11.7. The number of aromatic nitrogens is 1. The predicted molar refractivity (Wildman–Crippen MR) is 129 cm³/mol. The van der Waals surface area contributed by atoms with E-state index < -0.39 is 10.1 Å². The van der Waals surface area contributed by atoms with Crippen molar-refractivity contribution in [2.75, 3.05) is 23.7 Å². The van der Waals surface area contributed by atoms with Crippen LogP contribution in [0.3, 0.4) is 0 Å². The first kappa shape index (κ1) is 24.0. The molecule has 0 bridgehead atoms. The molecule has 0 atom stereocenters. The lowest BCUT2D eigenvalue weighted by Crippen LogP contribution is -2.28. The van der Waals surface area contributed by atoms with E-state index in [1.165, 1.54) is 23.5 Å². The molecule has 3 rings (SSSR count). The van der Waals surface area contributed by atoms with Crippen LogP contribution in [0.25, 0.3) is 10.2 Å². The third-order valence-corrected chi connectivity index (χ3v) is 6.63. The van der Waals surface area contributed by atoms with Gasteiger partial charge in [-0.2, -0.15) is 8.42 Å². The molecule has 0 saturated carbocycles. The van der Waals surface area contributed by atoms with Gasteiger partial charge in [-0.1, -0.05) is 32.1 Å². The van der Waals surface area contributed by atoms with E-state index in [4.69, 9.17) is 4.18 Å². The second-order valence-electron chi connectivity index (χ2n) is 7.54. The van der Waals surface area contributed by atoms with E-state index in [0.717, 1.165) is 29.9 Å². The van der Waals surface area contributed by atoms with E-state index in [1.807, 2.05) is 6.92 Å². The van der Waals surface area contributed by atoms with E-state index in [0.29, 0.717) is 23.1 Å². The molecule has 0 aliphatic rings. The summed E-state index contributed by atoms with van der Waals surface area (Å²) in [5.74, 6) is 0.0919. The SMILES string of the molecule is CCCC(=O)Nc1nc2ccc(OS(=O)(=O)c3ccc(NCCNC(C)C)cc3)cc2s1. The molecule has 2 aromatic carbocycles. The fourth-order valence-corrected chi connectivity index (χ4v) is 4.73. The minimum absolute atomic E-state index is 0.0697. The molecule has 0 spiro atoms. The van der Waals surface area contributed by atoms with Crippen molar-refractivity contribution in [2.45, 2.75) is 44.6 Å². The average Bonchev–Trinajstić information content (AvgIpc) is 3.12. The summed E-state index contributed by atoms with van der Waals surface area (Å²) in [4.78, 5) is 16.2. The lowest BCUT2D eigenvalue weighted by Gasteiger charge is -2.11. The van der Waals surface area contributed by atoms with Gasteiger partial charge in [0.1, 0.15) is 10.6 Å². The number of carbonyl (C=O) groups is 1. The molecule has 10 heteroatoms. The minimum atomic E-state index is -3.98. The molecular weight excluding hydrogens is 448 g/mol. The number of nitrogens with one attached hydrogen (secondary N) is 3. The molecule has 0 unspecified atom stereocenters. The number of thiazole rings is 1. The fraction of sp³-hybridized carbons (Fsp3) is 0.364. The van der Waals surface area contributed by atoms with E-state index >= 15 is 0 Å². The summed E-state index contributed by atoms with van der Waals surface area (Å²) >= 11 is 1.27. The Bertz CT molecular complexity index is 1160. The maximum atomic E-state index is 12.7. The van der Waals surface area contributed by atoms with Crippen LogP contribution in [0.5, 0.6) is 5.75 Å². The third-order valence-electron chi connectivity index (χ3n) is 4.44. The van der Waals surface area contributed by atoms with Gasteiger partial charge in [0.15, 0.2) is 5.13 Å². The highest BCUT2D eigenvalue weighted by molar-refractivity contribution is 7.87. The zero-order chi connectivity index (χ0) is 23.1. The van der Waals surface area contributed by atoms with Gasteiger partial charge in [0.25, 0.3) is 0 Å². The lowest BCUT2D eigenvalue weighted by molar-refractivity contribution is -0.116. The first-order valence-corrected chi connectivity index (χ1v) is 12.7. The molecule has 1 amide bonds. The Morgan fingerprint density at radius 1 is 1.12 bits per heavy atom. The Kier molecular flexibility index (Phi) is 8.05. The first-order chi connectivity index (χ1) is 15.3. The van der Waals surface area contributed by atoms with Gasteiger partial charge in [0, 0.05) is 37.3 Å². The normalized spacial score (nSPS) is 11.6. The van der Waals surface area contributed by atoms with Gasteiger partial charge in [-0.15, -0.1) is 0 Å². The van der Waals surface area contributed by atoms with Gasteiger partial charge < -0.3 is 20.1 Å². The molecule has 0 fully saturated rings. The van der Waals surface area contributed by atoms with Gasteiger partial charge in [0.05, 0.1) is 10.2 Å². The van der Waals surface area contributed by atoms with Gasteiger partial charge in [0.2, 0.25) is 5.91 Å². The number of amides is 1. The molecule has 8 nitrogen and oxygen atoms in total. The number of hydrogen-bond acceptors (Lipinski definition) is 8. The molecule has 0 saturated heterocycles. The number of benzene rings is 2. The number of carbonyl (C=O) groups excluding carboxylic acids is 1. The topological polar surface area (TPSA) is 109 Å². The van der Waals surface area contributed by atoms with Crippen LogP contribution < -0.4 is 20.1 Å². The summed E-state index contributed by atoms with van der Waals surface area (Å²) in [5.41, 5.74) is 1.49. The van der Waals surface area contributed by atoms with Crippen molar-refractivity contribution in [2.24, 2.45) is 0 Å². The van der Waals surface area contributed by atoms with Crippen LogP contribution in [0.2, 0.25) is 0 Å². The highest BCUT2D eigenvalue weighted by Crippen LogP contribution is 2.30. The summed E-state index contributed by atoms with van der Waals surface area (Å²) in [7, 11) is -3.98. The van der Waals surface area contributed by atoms with E-state index in [-0.39, 0.29) is 16.6 Å². The van der Waals surface area contributed by atoms with Crippen molar-refractivity contribution in [1.82, 2.24) is 10.3 Å². The molecule has 1 heterocycles. The monoisotopic (exact) mass is 476 g/mol. The minimum Gasteiger partial charge on any atom is -0.384 e. The van der Waals surface area contributed by atoms with Gasteiger partial charge >= 0.3 is 10.1 Å². The van der Waals surface area contributed by atoms with Crippen LogP contribution in [0.15, 0.2) is 47.4 Å². The molecule has 0 aliphatic heterocycles. The highest BCUT2D eigenvalue weighted by atomic mass is 32.2. The Labute approximate surface area is 192 Å². The van der Waals surface area contributed by atoms with Crippen molar-refractivity contribution in [3.05, 3.63) is 42.5 Å². The van der Waals surface area contributed by atoms with Crippen molar-refractivity contribution >= 4 is 48.4 Å². The average molecular weight is 477 g/mol. The Balaban J connectivity index is 1.65. The lowest BCUT2D eigenvalue weighted by atomic mass is 10.3. The summed E-state index contributed by atoms with van der Waals surface area (Å²) in [5, 5.41) is 9.77. The van der Waals surface area contributed by atoms with E-state index in [9.17, 15) is 13.2 Å². The van der Waals surface area contributed by atoms with Crippen molar-refractivity contribution in [3.63, 3.8) is 0 Å². The van der Waals surface area contributed by atoms with Gasteiger partial charge in [-0.05, 0) is 42.8 Å². The van der Waals surface area contributed by atoms with Crippen LogP contribution in [0.4, 0.5) is 10.8 Å². The fourth-order valence-electron chi connectivity index (χ4n) is 2.90. The molecule has 1 aromatic heterocycles. The molecule has 0 aliphatic carbocycles. The Morgan fingerprint density at radius 3 is 2.56 bits per heavy atom. The van der Waals surface area contributed by atoms with Crippen molar-refractivity contribution < 1.29 is 17.4 Å². The zero-order valence-corrected chi connectivity index (χ0v) is 20.0. The standard InChI is InChI=1S/C22H28N4O4S2/c1-4-5-21(27)26-22-25-19-11-8-17(14-20(19)31-22)30-32(28,29)18-9-6-16(7-10-18)24-13-12-23-15(2)3/h6-11,14-15,23-24H,4-5,12-13H2,1-3H3,(H,25,26,27). The van der Waals surface area contributed by atoms with E-state index in [2.05, 4.69) is 34.8 Å². The van der Waals surface area contributed by atoms with Gasteiger partial charge in [-0.3, -0.25) is 4.79 Å². The number of rotatable bonds is 11. The molecule has 0 radical (unpaired) electrons. The largest absolute Gasteiger partial charge is 0.384 e. The van der Waals surface area contributed by atoms with E-state index in [1.54, 1.807) is 30.3 Å². The molecule has 3 aromatic rings. The van der Waals surface area contributed by atoms with Crippen LogP contribution in [-0.4, -0.2) is 38.4 Å². The van der Waals surface area contributed by atoms with Gasteiger partial charge in [-0.25, -0.2) is 4.98 Å². The Morgan fingerprint density at radius 2 is 1.88 bits per heavy atom. The predicted octanol–water partition coefficient (Wildman–Crippen LogP) is 4.21. The summed E-state index contributed by atoms with van der Waals surface area (Å²) < 4.78 is 31.4. The summed E-state index contributed by atoms with van der Waals surface area (Å²) in [6.07, 6.45) is 1.17. The van der Waals surface area contributed by atoms with Crippen LogP contribution in [0.1, 0.15) is 33.6 Å². The van der Waals surface area contributed by atoms with Crippen LogP contribution >= 0.6 is 11.3 Å². The second kappa shape index (κ2) is 10.8. The highest BCUT2D eigenvalue weighted by Gasteiger charge is 2.17. The van der Waals surface area contributed by atoms with Crippen LogP contribution in [-0.2, 0) is 14.9 Å². The number of nitrogens with zero attached hydrogens (tertiary/aromatic N) is 1. The number of hydrogen-bond donors (Lipinski definition) is 3. The molecule has 32 heavy (non-hydrogen) atoms. The first-order valence-electron chi connectivity index (χ1n) is 10.5. The number of fused-ring (bicyclic) bond motifs is 1. The second-order valence-corrected chi connectivity index (χ2v) is 10.1. The zero-order valence-electron chi connectivity index (χ0n) is 18.3. The molecule has 172 valence electrons. The molecular formula is C22H28N4O4S2. The third kappa shape index (κ3) is 6.65.